The van der Waals surface area contributed by atoms with E-state index < -0.39 is 0 Å². The summed E-state index contributed by atoms with van der Waals surface area (Å²) >= 11 is 0. The quantitative estimate of drug-likeness (QED) is 0.200. The van der Waals surface area contributed by atoms with Crippen LogP contribution in [0.25, 0.3) is 0 Å². The summed E-state index contributed by atoms with van der Waals surface area (Å²) in [7, 11) is 3.22. The van der Waals surface area contributed by atoms with Crippen molar-refractivity contribution >= 4 is 41.9 Å². The summed E-state index contributed by atoms with van der Waals surface area (Å²) in [5, 5.41) is 8.78. The minimum absolute atomic E-state index is 0. The van der Waals surface area contributed by atoms with Crippen molar-refractivity contribution in [1.82, 2.24) is 20.9 Å². The standard InChI is InChI=1S/C18H27N5O4.HI/c1-4-19-17(21-9-10-23-16(24)12-22-18(23)25)20-8-7-13-5-6-14(26-2)15(11-13)27-3;/h5-6,11H,4,7-10,12H2,1-3H3,(H,22,25)(H2,19,20,21);1H. The van der Waals surface area contributed by atoms with Gasteiger partial charge >= 0.3 is 6.03 Å². The lowest BCUT2D eigenvalue weighted by Gasteiger charge is -2.15. The van der Waals surface area contributed by atoms with Crippen LogP contribution in [0.4, 0.5) is 4.79 Å². The van der Waals surface area contributed by atoms with Gasteiger partial charge in [-0.1, -0.05) is 6.07 Å². The minimum Gasteiger partial charge on any atom is -0.493 e. The smallest absolute Gasteiger partial charge is 0.324 e. The van der Waals surface area contributed by atoms with E-state index in [9.17, 15) is 9.59 Å². The Kier molecular flexibility index (Phi) is 10.4. The van der Waals surface area contributed by atoms with Gasteiger partial charge in [0.15, 0.2) is 17.5 Å². The third kappa shape index (κ3) is 6.73. The Labute approximate surface area is 182 Å². The Bertz CT molecular complexity index is 683. The molecule has 1 saturated heterocycles. The van der Waals surface area contributed by atoms with Gasteiger partial charge in [-0.3, -0.25) is 14.7 Å². The first-order chi connectivity index (χ1) is 13.1. The monoisotopic (exact) mass is 505 g/mol. The van der Waals surface area contributed by atoms with Gasteiger partial charge in [-0.05, 0) is 31.0 Å². The normalized spacial score (nSPS) is 13.7. The number of benzene rings is 1. The molecule has 0 atom stereocenters. The number of urea groups is 1. The molecule has 9 nitrogen and oxygen atoms in total. The van der Waals surface area contributed by atoms with Crippen LogP contribution in [0, 0.1) is 0 Å². The van der Waals surface area contributed by atoms with Gasteiger partial charge in [0, 0.05) is 26.2 Å². The minimum atomic E-state index is -0.350. The zero-order valence-corrected chi connectivity index (χ0v) is 18.7. The predicted molar refractivity (Wildman–Crippen MR) is 118 cm³/mol. The molecule has 0 unspecified atom stereocenters. The third-order valence-electron chi connectivity index (χ3n) is 4.03. The van der Waals surface area contributed by atoms with E-state index in [4.69, 9.17) is 9.47 Å². The van der Waals surface area contributed by atoms with Crippen LogP contribution in [-0.2, 0) is 11.2 Å². The second-order valence-electron chi connectivity index (χ2n) is 5.83. The number of guanidine groups is 1. The topological polar surface area (TPSA) is 104 Å². The van der Waals surface area contributed by atoms with Crippen molar-refractivity contribution in [3.8, 4) is 11.5 Å². The summed E-state index contributed by atoms with van der Waals surface area (Å²) in [4.78, 5) is 28.8. The number of imide groups is 1. The summed E-state index contributed by atoms with van der Waals surface area (Å²) in [6.07, 6.45) is 0.740. The molecule has 3 N–H and O–H groups in total. The van der Waals surface area contributed by atoms with Crippen LogP contribution in [0.3, 0.4) is 0 Å². The van der Waals surface area contributed by atoms with E-state index in [-0.39, 0.29) is 42.5 Å². The Morgan fingerprint density at radius 3 is 2.57 bits per heavy atom. The maximum Gasteiger partial charge on any atom is 0.324 e. The lowest BCUT2D eigenvalue weighted by atomic mass is 10.1. The van der Waals surface area contributed by atoms with Crippen LogP contribution in [0.2, 0.25) is 0 Å². The highest BCUT2D eigenvalue weighted by Crippen LogP contribution is 2.27. The summed E-state index contributed by atoms with van der Waals surface area (Å²) in [5.74, 6) is 1.82. The number of rotatable bonds is 9. The average Bonchev–Trinajstić information content (AvgIpc) is 2.99. The second kappa shape index (κ2) is 12.3. The highest BCUT2D eigenvalue weighted by Gasteiger charge is 2.27. The number of nitrogens with zero attached hydrogens (tertiary/aromatic N) is 2. The molecule has 1 fully saturated rings. The maximum atomic E-state index is 11.6. The van der Waals surface area contributed by atoms with E-state index in [0.717, 1.165) is 12.0 Å². The molecule has 1 aromatic rings. The molecule has 1 aliphatic heterocycles. The van der Waals surface area contributed by atoms with Gasteiger partial charge in [0.2, 0.25) is 5.91 Å². The lowest BCUT2D eigenvalue weighted by Crippen LogP contribution is -2.43. The summed E-state index contributed by atoms with van der Waals surface area (Å²) < 4.78 is 10.6. The number of aliphatic imine (C=N–C) groups is 1. The largest absolute Gasteiger partial charge is 0.493 e. The predicted octanol–water partition coefficient (Wildman–Crippen LogP) is 0.971. The van der Waals surface area contributed by atoms with E-state index in [1.807, 2.05) is 25.1 Å². The lowest BCUT2D eigenvalue weighted by molar-refractivity contribution is -0.124. The van der Waals surface area contributed by atoms with Crippen LogP contribution in [0.5, 0.6) is 11.5 Å². The maximum absolute atomic E-state index is 11.6. The molecule has 156 valence electrons. The zero-order valence-electron chi connectivity index (χ0n) is 16.4. The Morgan fingerprint density at radius 1 is 1.21 bits per heavy atom. The first-order valence-electron chi connectivity index (χ1n) is 8.90. The molecular formula is C18H28IN5O4. The van der Waals surface area contributed by atoms with Crippen LogP contribution in [-0.4, -0.2) is 69.7 Å². The van der Waals surface area contributed by atoms with Gasteiger partial charge in [0.05, 0.1) is 20.8 Å². The van der Waals surface area contributed by atoms with Crippen LogP contribution < -0.4 is 25.4 Å². The zero-order chi connectivity index (χ0) is 19.6. The average molecular weight is 505 g/mol. The van der Waals surface area contributed by atoms with Crippen molar-refractivity contribution in [2.45, 2.75) is 13.3 Å². The highest BCUT2D eigenvalue weighted by molar-refractivity contribution is 14.0. The Balaban J connectivity index is 0.00000392. The molecule has 0 saturated carbocycles. The van der Waals surface area contributed by atoms with Crippen molar-refractivity contribution in [2.24, 2.45) is 4.99 Å². The first kappa shape index (κ1) is 23.8. The fourth-order valence-corrected chi connectivity index (χ4v) is 2.64. The molecule has 0 aromatic heterocycles. The Hall–Kier alpha value is -2.24. The fourth-order valence-electron chi connectivity index (χ4n) is 2.64. The number of methoxy groups -OCH3 is 2. The van der Waals surface area contributed by atoms with Gasteiger partial charge in [-0.15, -0.1) is 24.0 Å². The number of nitrogens with one attached hydrogen (secondary N) is 3. The van der Waals surface area contributed by atoms with Crippen molar-refractivity contribution in [2.75, 3.05) is 46.9 Å². The van der Waals surface area contributed by atoms with Gasteiger partial charge in [-0.2, -0.15) is 0 Å². The molecule has 1 heterocycles. The number of carbonyl (C=O) groups is 2. The van der Waals surface area contributed by atoms with Crippen molar-refractivity contribution in [3.63, 3.8) is 0 Å². The van der Waals surface area contributed by atoms with Crippen LogP contribution in [0.15, 0.2) is 23.2 Å². The second-order valence-corrected chi connectivity index (χ2v) is 5.83. The van der Waals surface area contributed by atoms with Gasteiger partial charge < -0.3 is 25.4 Å². The molecule has 3 amide bonds. The molecule has 2 rings (SSSR count). The molecule has 0 spiro atoms. The van der Waals surface area contributed by atoms with E-state index >= 15 is 0 Å². The van der Waals surface area contributed by atoms with E-state index in [2.05, 4.69) is 20.9 Å². The first-order valence-corrected chi connectivity index (χ1v) is 8.90. The molecule has 1 aromatic carbocycles. The van der Waals surface area contributed by atoms with E-state index in [0.29, 0.717) is 43.6 Å². The molecule has 0 radical (unpaired) electrons. The summed E-state index contributed by atoms with van der Waals surface area (Å²) in [5.41, 5.74) is 1.09. The number of carbonyl (C=O) groups excluding carboxylic acids is 2. The summed E-state index contributed by atoms with van der Waals surface area (Å²) in [6.45, 7) is 4.06. The van der Waals surface area contributed by atoms with E-state index in [1.54, 1.807) is 14.2 Å². The van der Waals surface area contributed by atoms with Gasteiger partial charge in [0.1, 0.15) is 0 Å². The molecule has 0 bridgehead atoms. The molecule has 0 aliphatic carbocycles. The Morgan fingerprint density at radius 2 is 1.96 bits per heavy atom. The van der Waals surface area contributed by atoms with Gasteiger partial charge in [0.25, 0.3) is 0 Å². The number of halogens is 1. The third-order valence-corrected chi connectivity index (χ3v) is 4.03. The van der Waals surface area contributed by atoms with Crippen molar-refractivity contribution in [3.05, 3.63) is 23.8 Å². The van der Waals surface area contributed by atoms with E-state index in [1.165, 1.54) is 4.90 Å². The highest BCUT2D eigenvalue weighted by atomic mass is 127. The van der Waals surface area contributed by atoms with Crippen molar-refractivity contribution in [1.29, 1.82) is 0 Å². The number of ether oxygens (including phenoxy) is 2. The summed E-state index contributed by atoms with van der Waals surface area (Å²) in [6, 6.07) is 5.44. The van der Waals surface area contributed by atoms with Crippen LogP contribution in [0.1, 0.15) is 12.5 Å². The molecule has 10 heteroatoms. The van der Waals surface area contributed by atoms with Crippen molar-refractivity contribution < 1.29 is 19.1 Å². The SMILES string of the molecule is CCNC(=NCCc1ccc(OC)c(OC)c1)NCCN1C(=O)CNC1=O.I. The van der Waals surface area contributed by atoms with Crippen LogP contribution >= 0.6 is 24.0 Å². The fraction of sp³-hybridized carbons (Fsp3) is 0.500. The van der Waals surface area contributed by atoms with Gasteiger partial charge in [-0.25, -0.2) is 4.79 Å². The number of amides is 3. The molecule has 28 heavy (non-hydrogen) atoms. The molecular weight excluding hydrogens is 477 g/mol. The number of hydrogen-bond acceptors (Lipinski definition) is 5. The molecule has 1 aliphatic rings. The number of hydrogen-bond donors (Lipinski definition) is 3.